The molecule has 5 rings (SSSR count). The summed E-state index contributed by atoms with van der Waals surface area (Å²) in [4.78, 5) is 14.4. The first-order valence-electron chi connectivity index (χ1n) is 15.6. The first-order chi connectivity index (χ1) is 19.7. The minimum absolute atomic E-state index is 0. The van der Waals surface area contributed by atoms with Gasteiger partial charge < -0.3 is 9.80 Å². The zero-order chi connectivity index (χ0) is 29.1. The summed E-state index contributed by atoms with van der Waals surface area (Å²) in [5, 5.41) is 0. The zero-order valence-corrected chi connectivity index (χ0v) is 28.7. The molecule has 0 amide bonds. The number of aliphatic imine (C=N–C) groups is 2. The smallest absolute Gasteiger partial charge is 0.131 e. The standard InChI is InChI=1S/C37H48N4.2ClH/c1-25(2)40-18-16-38-36(40)34-14-12-32(28(6)22-34)10-8-30-20-27(5)21-31(24-30)9-11-33-13-15-35(23-29(33)7)37-39-17-19-41(37)26(3)4;;/h12-15,20-26H,8-11,16-19H2,1-7H3;2*1H. The van der Waals surface area contributed by atoms with E-state index in [9.17, 15) is 0 Å². The van der Waals surface area contributed by atoms with Crippen LogP contribution in [0.15, 0.2) is 64.6 Å². The second kappa shape index (κ2) is 15.3. The molecule has 2 aliphatic rings. The topological polar surface area (TPSA) is 31.2 Å². The molecule has 0 fully saturated rings. The molecule has 0 saturated heterocycles. The Morgan fingerprint density at radius 1 is 0.581 bits per heavy atom. The maximum Gasteiger partial charge on any atom is 0.131 e. The van der Waals surface area contributed by atoms with Crippen LogP contribution in [0, 0.1) is 20.8 Å². The molecule has 3 aromatic rings. The number of benzene rings is 3. The van der Waals surface area contributed by atoms with Crippen molar-refractivity contribution in [3.05, 3.63) is 105 Å². The van der Waals surface area contributed by atoms with E-state index >= 15 is 0 Å². The molecule has 0 aliphatic carbocycles. The minimum Gasteiger partial charge on any atom is -0.352 e. The molecule has 43 heavy (non-hydrogen) atoms. The van der Waals surface area contributed by atoms with Crippen molar-refractivity contribution in [3.8, 4) is 0 Å². The van der Waals surface area contributed by atoms with Gasteiger partial charge in [-0.3, -0.25) is 9.98 Å². The molecule has 3 aromatic carbocycles. The molecule has 232 valence electrons. The van der Waals surface area contributed by atoms with E-state index in [1.807, 2.05) is 0 Å². The van der Waals surface area contributed by atoms with Crippen LogP contribution in [0.3, 0.4) is 0 Å². The molecular formula is C37H50Cl2N4. The summed E-state index contributed by atoms with van der Waals surface area (Å²) in [6.07, 6.45) is 4.26. The predicted molar refractivity (Wildman–Crippen MR) is 189 cm³/mol. The lowest BCUT2D eigenvalue weighted by Crippen LogP contribution is -2.34. The first kappa shape index (κ1) is 34.7. The van der Waals surface area contributed by atoms with Gasteiger partial charge in [-0.05, 0) is 120 Å². The van der Waals surface area contributed by atoms with Gasteiger partial charge in [-0.15, -0.1) is 24.8 Å². The Morgan fingerprint density at radius 3 is 1.37 bits per heavy atom. The van der Waals surface area contributed by atoms with Crippen LogP contribution in [0.1, 0.15) is 77.8 Å². The Morgan fingerprint density at radius 2 is 1.00 bits per heavy atom. The molecule has 0 aromatic heterocycles. The number of amidine groups is 2. The predicted octanol–water partition coefficient (Wildman–Crippen LogP) is 7.97. The van der Waals surface area contributed by atoms with Crippen molar-refractivity contribution in [3.63, 3.8) is 0 Å². The van der Waals surface area contributed by atoms with Crippen LogP contribution >= 0.6 is 24.8 Å². The molecule has 4 nitrogen and oxygen atoms in total. The van der Waals surface area contributed by atoms with Crippen molar-refractivity contribution in [2.24, 2.45) is 9.98 Å². The molecular weight excluding hydrogens is 571 g/mol. The van der Waals surface area contributed by atoms with Crippen LogP contribution < -0.4 is 0 Å². The van der Waals surface area contributed by atoms with E-state index in [0.717, 1.165) is 63.5 Å². The second-order valence-corrected chi connectivity index (χ2v) is 12.6. The van der Waals surface area contributed by atoms with Crippen LogP contribution in [-0.2, 0) is 25.7 Å². The highest BCUT2D eigenvalue weighted by atomic mass is 35.5. The van der Waals surface area contributed by atoms with Gasteiger partial charge in [0.05, 0.1) is 13.1 Å². The normalized spacial score (nSPS) is 14.6. The fraction of sp³-hybridized carbons (Fsp3) is 0.459. The summed E-state index contributed by atoms with van der Waals surface area (Å²) >= 11 is 0. The molecule has 2 aliphatic heterocycles. The summed E-state index contributed by atoms with van der Waals surface area (Å²) in [7, 11) is 0. The number of hydrogen-bond acceptors (Lipinski definition) is 4. The van der Waals surface area contributed by atoms with Crippen molar-refractivity contribution >= 4 is 36.5 Å². The quantitative estimate of drug-likeness (QED) is 0.230. The van der Waals surface area contributed by atoms with Gasteiger partial charge >= 0.3 is 0 Å². The van der Waals surface area contributed by atoms with E-state index < -0.39 is 0 Å². The highest BCUT2D eigenvalue weighted by molar-refractivity contribution is 6.00. The summed E-state index contributed by atoms with van der Waals surface area (Å²) in [5.74, 6) is 2.32. The zero-order valence-electron chi connectivity index (χ0n) is 27.1. The van der Waals surface area contributed by atoms with Crippen molar-refractivity contribution in [2.75, 3.05) is 26.2 Å². The molecule has 6 heteroatoms. The van der Waals surface area contributed by atoms with Gasteiger partial charge in [0.2, 0.25) is 0 Å². The van der Waals surface area contributed by atoms with E-state index in [-0.39, 0.29) is 24.8 Å². The van der Waals surface area contributed by atoms with Crippen LogP contribution in [0.25, 0.3) is 0 Å². The summed E-state index contributed by atoms with van der Waals surface area (Å²) < 4.78 is 0. The van der Waals surface area contributed by atoms with Crippen molar-refractivity contribution < 1.29 is 0 Å². The fourth-order valence-electron chi connectivity index (χ4n) is 6.47. The van der Waals surface area contributed by atoms with Gasteiger partial charge in [-0.2, -0.15) is 0 Å². The third-order valence-electron chi connectivity index (χ3n) is 8.76. The molecule has 0 N–H and O–H groups in total. The average Bonchev–Trinajstić information content (AvgIpc) is 3.62. The number of halogens is 2. The number of nitrogens with zero attached hydrogens (tertiary/aromatic N) is 4. The van der Waals surface area contributed by atoms with E-state index in [0.29, 0.717) is 12.1 Å². The number of hydrogen-bond donors (Lipinski definition) is 0. The number of rotatable bonds is 10. The molecule has 0 atom stereocenters. The maximum atomic E-state index is 4.80. The van der Waals surface area contributed by atoms with Gasteiger partial charge in [0, 0.05) is 36.3 Å². The first-order valence-corrected chi connectivity index (χ1v) is 15.6. The molecule has 0 bridgehead atoms. The molecule has 2 heterocycles. The Labute approximate surface area is 272 Å². The average molecular weight is 622 g/mol. The van der Waals surface area contributed by atoms with Gasteiger partial charge in [0.25, 0.3) is 0 Å². The van der Waals surface area contributed by atoms with Crippen LogP contribution in [0.5, 0.6) is 0 Å². The van der Waals surface area contributed by atoms with Crippen molar-refractivity contribution in [2.45, 2.75) is 86.2 Å². The van der Waals surface area contributed by atoms with Gasteiger partial charge in [0.15, 0.2) is 0 Å². The third-order valence-corrected chi connectivity index (χ3v) is 8.76. The van der Waals surface area contributed by atoms with Crippen molar-refractivity contribution in [1.82, 2.24) is 9.80 Å². The Balaban J connectivity index is 0.00000253. The van der Waals surface area contributed by atoms with E-state index in [2.05, 4.69) is 113 Å². The van der Waals surface area contributed by atoms with Gasteiger partial charge in [-0.1, -0.05) is 48.0 Å². The summed E-state index contributed by atoms with van der Waals surface area (Å²) in [5.41, 5.74) is 12.4. The highest BCUT2D eigenvalue weighted by Crippen LogP contribution is 2.22. The summed E-state index contributed by atoms with van der Waals surface area (Å²) in [6.45, 7) is 19.6. The summed E-state index contributed by atoms with van der Waals surface area (Å²) in [6, 6.07) is 22.0. The lowest BCUT2D eigenvalue weighted by Gasteiger charge is -2.25. The van der Waals surface area contributed by atoms with Gasteiger partial charge in [0.1, 0.15) is 11.7 Å². The SMILES string of the molecule is Cc1cc(CCc2ccc(C3=NCCN3C(C)C)cc2C)cc(CCc2ccc(C3=NCCN3C(C)C)cc2C)c1.Cl.Cl. The van der Waals surface area contributed by atoms with Crippen molar-refractivity contribution in [1.29, 1.82) is 0 Å². The molecule has 0 radical (unpaired) electrons. The van der Waals surface area contributed by atoms with E-state index in [1.54, 1.807) is 0 Å². The lowest BCUT2D eigenvalue weighted by atomic mass is 9.94. The molecule has 0 spiro atoms. The van der Waals surface area contributed by atoms with Crippen LogP contribution in [-0.4, -0.2) is 59.7 Å². The Hall–Kier alpha value is -2.82. The van der Waals surface area contributed by atoms with Crippen LogP contribution in [0.2, 0.25) is 0 Å². The fourth-order valence-corrected chi connectivity index (χ4v) is 6.47. The third kappa shape index (κ3) is 8.22. The lowest BCUT2D eigenvalue weighted by molar-refractivity contribution is 0.381. The second-order valence-electron chi connectivity index (χ2n) is 12.6. The molecule has 0 unspecified atom stereocenters. The Bertz CT molecular complexity index is 1350. The van der Waals surface area contributed by atoms with E-state index in [4.69, 9.17) is 9.98 Å². The number of aryl methyl sites for hydroxylation is 7. The van der Waals surface area contributed by atoms with Crippen LogP contribution in [0.4, 0.5) is 0 Å². The largest absolute Gasteiger partial charge is 0.352 e. The monoisotopic (exact) mass is 620 g/mol. The molecule has 0 saturated carbocycles. The van der Waals surface area contributed by atoms with E-state index in [1.165, 1.54) is 50.1 Å². The highest BCUT2D eigenvalue weighted by Gasteiger charge is 2.22. The van der Waals surface area contributed by atoms with Gasteiger partial charge in [-0.25, -0.2) is 0 Å². The minimum atomic E-state index is 0. The maximum absolute atomic E-state index is 4.80. The Kier molecular flexibility index (Phi) is 12.3.